The van der Waals surface area contributed by atoms with Crippen LogP contribution in [0.25, 0.3) is 0 Å². The van der Waals surface area contributed by atoms with Gasteiger partial charge in [0.05, 0.1) is 15.7 Å². The first kappa shape index (κ1) is 12.3. The summed E-state index contributed by atoms with van der Waals surface area (Å²) in [7, 11) is 0. The largest absolute Gasteiger partial charge is 0.380 e. The van der Waals surface area contributed by atoms with Crippen molar-refractivity contribution in [1.29, 1.82) is 0 Å². The molecule has 0 radical (unpaired) electrons. The maximum atomic E-state index is 6.13. The summed E-state index contributed by atoms with van der Waals surface area (Å²) in [6.07, 6.45) is 3.71. The molecule has 0 saturated heterocycles. The number of anilines is 1. The second kappa shape index (κ2) is 5.03. The van der Waals surface area contributed by atoms with E-state index in [0.29, 0.717) is 27.0 Å². The predicted molar refractivity (Wildman–Crippen MR) is 71.9 cm³/mol. The Kier molecular flexibility index (Phi) is 3.89. The Hall–Kier alpha value is -0.110. The molecule has 0 heterocycles. The van der Waals surface area contributed by atoms with E-state index < -0.39 is 0 Å². The van der Waals surface area contributed by atoms with Gasteiger partial charge in [-0.25, -0.2) is 0 Å². The van der Waals surface area contributed by atoms with Gasteiger partial charge < -0.3 is 5.32 Å². The van der Waals surface area contributed by atoms with E-state index in [4.69, 9.17) is 34.8 Å². The molecule has 0 amide bonds. The van der Waals surface area contributed by atoms with Gasteiger partial charge in [0, 0.05) is 11.1 Å². The molecule has 1 saturated carbocycles. The molecular weight excluding hydrogens is 264 g/mol. The molecule has 2 rings (SSSR count). The van der Waals surface area contributed by atoms with Gasteiger partial charge in [-0.2, -0.15) is 0 Å². The van der Waals surface area contributed by atoms with E-state index >= 15 is 0 Å². The minimum Gasteiger partial charge on any atom is -0.380 e. The zero-order valence-corrected chi connectivity index (χ0v) is 11.3. The van der Waals surface area contributed by atoms with Crippen molar-refractivity contribution < 1.29 is 0 Å². The summed E-state index contributed by atoms with van der Waals surface area (Å²) in [6.45, 7) is 2.25. The van der Waals surface area contributed by atoms with Crippen molar-refractivity contribution >= 4 is 40.5 Å². The molecule has 2 atom stereocenters. The lowest BCUT2D eigenvalue weighted by Crippen LogP contribution is -2.22. The highest BCUT2D eigenvalue weighted by molar-refractivity contribution is 6.41. The molecule has 1 aliphatic carbocycles. The number of rotatable bonds is 2. The van der Waals surface area contributed by atoms with Crippen LogP contribution in [-0.2, 0) is 0 Å². The molecule has 1 aliphatic rings. The van der Waals surface area contributed by atoms with Gasteiger partial charge in [-0.1, -0.05) is 48.1 Å². The van der Waals surface area contributed by atoms with Gasteiger partial charge in [-0.05, 0) is 30.9 Å². The van der Waals surface area contributed by atoms with Gasteiger partial charge in [0.25, 0.3) is 0 Å². The Labute approximate surface area is 111 Å². The fraction of sp³-hybridized carbons (Fsp3) is 0.500. The van der Waals surface area contributed by atoms with Crippen LogP contribution in [0.4, 0.5) is 5.69 Å². The Bertz CT molecular complexity index is 369. The highest BCUT2D eigenvalue weighted by atomic mass is 35.5. The molecule has 0 spiro atoms. The van der Waals surface area contributed by atoms with E-state index in [2.05, 4.69) is 12.2 Å². The third-order valence-corrected chi connectivity index (χ3v) is 4.01. The third-order valence-electron chi connectivity index (χ3n) is 3.20. The average molecular weight is 279 g/mol. The second-order valence-corrected chi connectivity index (χ2v) is 5.65. The zero-order chi connectivity index (χ0) is 11.7. The van der Waals surface area contributed by atoms with Crippen molar-refractivity contribution in [3.8, 4) is 0 Å². The Morgan fingerprint density at radius 3 is 2.25 bits per heavy atom. The fourth-order valence-electron chi connectivity index (χ4n) is 2.23. The monoisotopic (exact) mass is 277 g/mol. The molecule has 88 valence electrons. The second-order valence-electron chi connectivity index (χ2n) is 4.40. The van der Waals surface area contributed by atoms with Crippen LogP contribution >= 0.6 is 34.8 Å². The molecule has 0 aliphatic heterocycles. The summed E-state index contributed by atoms with van der Waals surface area (Å²) in [5, 5.41) is 5.19. The van der Waals surface area contributed by atoms with Crippen molar-refractivity contribution in [3.05, 3.63) is 27.2 Å². The minimum absolute atomic E-state index is 0.469. The first-order valence-electron chi connectivity index (χ1n) is 5.49. The minimum atomic E-state index is 0.469. The number of nitrogens with one attached hydrogen (secondary N) is 1. The van der Waals surface area contributed by atoms with Gasteiger partial charge in [0.1, 0.15) is 0 Å². The van der Waals surface area contributed by atoms with Crippen molar-refractivity contribution in [1.82, 2.24) is 0 Å². The fourth-order valence-corrected chi connectivity index (χ4v) is 3.15. The summed E-state index contributed by atoms with van der Waals surface area (Å²) in [5.74, 6) is 0.669. The number of benzene rings is 1. The van der Waals surface area contributed by atoms with Crippen LogP contribution in [0.15, 0.2) is 12.1 Å². The van der Waals surface area contributed by atoms with Gasteiger partial charge in [-0.3, -0.25) is 0 Å². The molecule has 0 bridgehead atoms. The lowest BCUT2D eigenvalue weighted by atomic mass is 10.1. The molecule has 2 unspecified atom stereocenters. The van der Waals surface area contributed by atoms with E-state index in [9.17, 15) is 0 Å². The van der Waals surface area contributed by atoms with Crippen molar-refractivity contribution in [2.75, 3.05) is 5.32 Å². The highest BCUT2D eigenvalue weighted by Crippen LogP contribution is 2.37. The van der Waals surface area contributed by atoms with Crippen LogP contribution in [-0.4, -0.2) is 6.04 Å². The Morgan fingerprint density at radius 2 is 1.75 bits per heavy atom. The normalized spacial score (nSPS) is 24.8. The SMILES string of the molecule is CC1CCCC1Nc1c(Cl)cc(Cl)cc1Cl. The van der Waals surface area contributed by atoms with Gasteiger partial charge in [0.15, 0.2) is 0 Å². The third kappa shape index (κ3) is 2.58. The van der Waals surface area contributed by atoms with Gasteiger partial charge >= 0.3 is 0 Å². The molecule has 1 aromatic carbocycles. The Balaban J connectivity index is 2.21. The summed E-state index contributed by atoms with van der Waals surface area (Å²) in [4.78, 5) is 0. The quantitative estimate of drug-likeness (QED) is 0.779. The summed E-state index contributed by atoms with van der Waals surface area (Å²) in [6, 6.07) is 3.91. The van der Waals surface area contributed by atoms with Crippen LogP contribution < -0.4 is 5.32 Å². The van der Waals surface area contributed by atoms with Crippen LogP contribution in [0.2, 0.25) is 15.1 Å². The van der Waals surface area contributed by atoms with E-state index in [1.165, 1.54) is 19.3 Å². The van der Waals surface area contributed by atoms with Crippen molar-refractivity contribution in [3.63, 3.8) is 0 Å². The van der Waals surface area contributed by atoms with E-state index in [1.807, 2.05) is 0 Å². The van der Waals surface area contributed by atoms with Gasteiger partial charge in [-0.15, -0.1) is 0 Å². The first-order chi connectivity index (χ1) is 7.58. The molecule has 1 nitrogen and oxygen atoms in total. The first-order valence-corrected chi connectivity index (χ1v) is 6.62. The zero-order valence-electron chi connectivity index (χ0n) is 9.06. The summed E-state index contributed by atoms with van der Waals surface area (Å²) >= 11 is 18.1. The maximum absolute atomic E-state index is 6.13. The predicted octanol–water partition coefficient (Wildman–Crippen LogP) is 5.25. The van der Waals surface area contributed by atoms with E-state index in [1.54, 1.807) is 12.1 Å². The standard InChI is InChI=1S/C12H14Cl3N/c1-7-3-2-4-11(7)16-12-9(14)5-8(13)6-10(12)15/h5-7,11,16H,2-4H2,1H3. The average Bonchev–Trinajstić information content (AvgIpc) is 2.57. The smallest absolute Gasteiger partial charge is 0.0722 e. The van der Waals surface area contributed by atoms with Crippen molar-refractivity contribution in [2.45, 2.75) is 32.2 Å². The lowest BCUT2D eigenvalue weighted by molar-refractivity contribution is 0.556. The van der Waals surface area contributed by atoms with Gasteiger partial charge in [0.2, 0.25) is 0 Å². The van der Waals surface area contributed by atoms with E-state index in [-0.39, 0.29) is 0 Å². The molecule has 1 N–H and O–H groups in total. The van der Waals surface area contributed by atoms with Crippen LogP contribution in [0, 0.1) is 5.92 Å². The number of hydrogen-bond donors (Lipinski definition) is 1. The topological polar surface area (TPSA) is 12.0 Å². The number of hydrogen-bond acceptors (Lipinski definition) is 1. The van der Waals surface area contributed by atoms with Crippen molar-refractivity contribution in [2.24, 2.45) is 5.92 Å². The van der Waals surface area contributed by atoms with Crippen LogP contribution in [0.3, 0.4) is 0 Å². The molecule has 1 aromatic rings. The maximum Gasteiger partial charge on any atom is 0.0722 e. The molecule has 1 fully saturated rings. The molecule has 16 heavy (non-hydrogen) atoms. The summed E-state index contributed by atoms with van der Waals surface area (Å²) < 4.78 is 0. The highest BCUT2D eigenvalue weighted by Gasteiger charge is 2.24. The van der Waals surface area contributed by atoms with E-state index in [0.717, 1.165) is 5.69 Å². The lowest BCUT2D eigenvalue weighted by Gasteiger charge is -2.20. The van der Waals surface area contributed by atoms with Crippen LogP contribution in [0.5, 0.6) is 0 Å². The number of halogens is 3. The molecular formula is C12H14Cl3N. The molecule has 0 aromatic heterocycles. The van der Waals surface area contributed by atoms with Crippen LogP contribution in [0.1, 0.15) is 26.2 Å². The molecule has 4 heteroatoms. The Morgan fingerprint density at radius 1 is 1.12 bits per heavy atom. The summed E-state index contributed by atoms with van der Waals surface area (Å²) in [5.41, 5.74) is 0.812.